The number of aromatic amines is 1. The van der Waals surface area contributed by atoms with Crippen molar-refractivity contribution in [1.82, 2.24) is 9.97 Å². The molecule has 0 unspecified atom stereocenters. The molecule has 22 heavy (non-hydrogen) atoms. The summed E-state index contributed by atoms with van der Waals surface area (Å²) in [6.07, 6.45) is 2.77. The number of H-pyrrole nitrogens is 1. The minimum Gasteiger partial charge on any atom is -0.481 e. The number of hydrogen-bond acceptors (Lipinski definition) is 3. The van der Waals surface area contributed by atoms with Crippen LogP contribution in [0.5, 0.6) is 0 Å². The first-order valence-electron chi connectivity index (χ1n) is 6.53. The summed E-state index contributed by atoms with van der Waals surface area (Å²) < 4.78 is 0. The Kier molecular flexibility index (Phi) is 3.65. The van der Waals surface area contributed by atoms with Gasteiger partial charge in [0, 0.05) is 39.4 Å². The highest BCUT2D eigenvalue weighted by Crippen LogP contribution is 2.27. The van der Waals surface area contributed by atoms with Gasteiger partial charge in [-0.1, -0.05) is 17.7 Å². The van der Waals surface area contributed by atoms with Gasteiger partial charge in [0.05, 0.1) is 12.1 Å². The average molecular weight is 315 g/mol. The SMILES string of the molecule is O=C(O)Cc1c(C(=O)c2cccnc2)[nH]c2cc(Cl)ccc12. The van der Waals surface area contributed by atoms with Gasteiger partial charge in [0.1, 0.15) is 0 Å². The first-order chi connectivity index (χ1) is 10.6. The molecule has 0 atom stereocenters. The number of carbonyl (C=O) groups is 2. The molecule has 0 aliphatic rings. The number of carbonyl (C=O) groups excluding carboxylic acids is 1. The van der Waals surface area contributed by atoms with Gasteiger partial charge in [-0.25, -0.2) is 0 Å². The molecule has 0 saturated carbocycles. The number of benzene rings is 1. The number of hydrogen-bond donors (Lipinski definition) is 2. The van der Waals surface area contributed by atoms with E-state index in [1.54, 1.807) is 36.5 Å². The van der Waals surface area contributed by atoms with Crippen LogP contribution in [0.4, 0.5) is 0 Å². The van der Waals surface area contributed by atoms with Crippen molar-refractivity contribution in [2.75, 3.05) is 0 Å². The standard InChI is InChI=1S/C16H11ClN2O3/c17-10-3-4-11-12(7-14(20)21)15(19-13(11)6-10)16(22)9-2-1-5-18-8-9/h1-6,8,19H,7H2,(H,20,21). The third kappa shape index (κ3) is 2.58. The number of halogens is 1. The van der Waals surface area contributed by atoms with Gasteiger partial charge >= 0.3 is 5.97 Å². The van der Waals surface area contributed by atoms with Gasteiger partial charge in [0.2, 0.25) is 5.78 Å². The molecule has 6 heteroatoms. The Bertz CT molecular complexity index is 872. The number of nitrogens with one attached hydrogen (secondary N) is 1. The summed E-state index contributed by atoms with van der Waals surface area (Å²) in [7, 11) is 0. The van der Waals surface area contributed by atoms with E-state index in [1.165, 1.54) is 6.20 Å². The molecule has 0 amide bonds. The molecule has 2 aromatic heterocycles. The molecule has 0 aliphatic heterocycles. The van der Waals surface area contributed by atoms with Crippen LogP contribution in [0.25, 0.3) is 10.9 Å². The van der Waals surface area contributed by atoms with E-state index in [4.69, 9.17) is 16.7 Å². The highest BCUT2D eigenvalue weighted by molar-refractivity contribution is 6.31. The van der Waals surface area contributed by atoms with Crippen LogP contribution in [0.1, 0.15) is 21.6 Å². The fourth-order valence-corrected chi connectivity index (χ4v) is 2.57. The Morgan fingerprint density at radius 1 is 1.27 bits per heavy atom. The van der Waals surface area contributed by atoms with Crippen molar-refractivity contribution in [3.05, 3.63) is 64.6 Å². The van der Waals surface area contributed by atoms with E-state index in [0.29, 0.717) is 27.1 Å². The van der Waals surface area contributed by atoms with E-state index in [-0.39, 0.29) is 17.9 Å². The summed E-state index contributed by atoms with van der Waals surface area (Å²) in [6, 6.07) is 8.35. The lowest BCUT2D eigenvalue weighted by Crippen LogP contribution is -2.08. The van der Waals surface area contributed by atoms with Crippen molar-refractivity contribution >= 4 is 34.3 Å². The van der Waals surface area contributed by atoms with Crippen molar-refractivity contribution in [2.24, 2.45) is 0 Å². The minimum absolute atomic E-state index is 0.247. The lowest BCUT2D eigenvalue weighted by molar-refractivity contribution is -0.136. The Morgan fingerprint density at radius 2 is 2.09 bits per heavy atom. The van der Waals surface area contributed by atoms with Crippen LogP contribution in [0.2, 0.25) is 5.02 Å². The van der Waals surface area contributed by atoms with E-state index < -0.39 is 5.97 Å². The zero-order chi connectivity index (χ0) is 15.7. The maximum absolute atomic E-state index is 12.6. The predicted octanol–water partition coefficient (Wildman–Crippen LogP) is 3.07. The van der Waals surface area contributed by atoms with Crippen LogP contribution in [-0.4, -0.2) is 26.8 Å². The number of nitrogens with zero attached hydrogens (tertiary/aromatic N) is 1. The van der Waals surface area contributed by atoms with Gasteiger partial charge in [-0.3, -0.25) is 14.6 Å². The number of pyridine rings is 1. The Hall–Kier alpha value is -2.66. The van der Waals surface area contributed by atoms with E-state index >= 15 is 0 Å². The number of carboxylic acid groups (broad SMARTS) is 1. The molecule has 0 saturated heterocycles. The van der Waals surface area contributed by atoms with Crippen LogP contribution in [0.3, 0.4) is 0 Å². The lowest BCUT2D eigenvalue weighted by Gasteiger charge is -2.02. The number of rotatable bonds is 4. The zero-order valence-electron chi connectivity index (χ0n) is 11.3. The van der Waals surface area contributed by atoms with Crippen LogP contribution in [-0.2, 0) is 11.2 Å². The molecule has 0 spiro atoms. The van der Waals surface area contributed by atoms with E-state index in [0.717, 1.165) is 0 Å². The summed E-state index contributed by atoms with van der Waals surface area (Å²) in [6.45, 7) is 0. The van der Waals surface area contributed by atoms with Crippen molar-refractivity contribution in [1.29, 1.82) is 0 Å². The first kappa shape index (κ1) is 14.3. The Labute approximate surface area is 130 Å². The van der Waals surface area contributed by atoms with Crippen molar-refractivity contribution < 1.29 is 14.7 Å². The Balaban J connectivity index is 2.19. The summed E-state index contributed by atoms with van der Waals surface area (Å²) in [4.78, 5) is 30.6. The average Bonchev–Trinajstić information content (AvgIpc) is 2.84. The van der Waals surface area contributed by atoms with E-state index in [1.807, 2.05) is 0 Å². The predicted molar refractivity (Wildman–Crippen MR) is 82.3 cm³/mol. The van der Waals surface area contributed by atoms with Gasteiger partial charge in [-0.2, -0.15) is 0 Å². The molecule has 0 aliphatic carbocycles. The smallest absolute Gasteiger partial charge is 0.307 e. The molecule has 0 bridgehead atoms. The summed E-state index contributed by atoms with van der Waals surface area (Å²) in [5.74, 6) is -1.30. The summed E-state index contributed by atoms with van der Waals surface area (Å²) in [5.41, 5.74) is 1.74. The number of aliphatic carboxylic acids is 1. The molecule has 5 nitrogen and oxygen atoms in total. The van der Waals surface area contributed by atoms with Crippen LogP contribution in [0, 0.1) is 0 Å². The molecule has 2 N–H and O–H groups in total. The van der Waals surface area contributed by atoms with Crippen molar-refractivity contribution in [2.45, 2.75) is 6.42 Å². The van der Waals surface area contributed by atoms with Crippen LogP contribution in [0.15, 0.2) is 42.7 Å². The number of ketones is 1. The highest BCUT2D eigenvalue weighted by atomic mass is 35.5. The Morgan fingerprint density at radius 3 is 2.77 bits per heavy atom. The topological polar surface area (TPSA) is 83.0 Å². The van der Waals surface area contributed by atoms with Gasteiger partial charge in [0.25, 0.3) is 0 Å². The van der Waals surface area contributed by atoms with Crippen LogP contribution < -0.4 is 0 Å². The maximum Gasteiger partial charge on any atom is 0.307 e. The van der Waals surface area contributed by atoms with Crippen molar-refractivity contribution in [3.8, 4) is 0 Å². The number of aromatic nitrogens is 2. The third-order valence-corrected chi connectivity index (χ3v) is 3.58. The molecule has 2 heterocycles. The summed E-state index contributed by atoms with van der Waals surface area (Å²) in [5, 5.41) is 10.3. The molecule has 3 aromatic rings. The normalized spacial score (nSPS) is 10.8. The number of fused-ring (bicyclic) bond motifs is 1. The second-order valence-electron chi connectivity index (χ2n) is 4.81. The molecule has 1 aromatic carbocycles. The molecule has 110 valence electrons. The maximum atomic E-state index is 12.6. The molecule has 0 radical (unpaired) electrons. The second-order valence-corrected chi connectivity index (χ2v) is 5.25. The first-order valence-corrected chi connectivity index (χ1v) is 6.90. The summed E-state index contributed by atoms with van der Waals surface area (Å²) >= 11 is 5.95. The molecular weight excluding hydrogens is 304 g/mol. The lowest BCUT2D eigenvalue weighted by atomic mass is 10.0. The largest absolute Gasteiger partial charge is 0.481 e. The van der Waals surface area contributed by atoms with Gasteiger partial charge in [-0.05, 0) is 24.3 Å². The van der Waals surface area contributed by atoms with Gasteiger partial charge < -0.3 is 10.1 Å². The molecule has 3 rings (SSSR count). The van der Waals surface area contributed by atoms with E-state index in [9.17, 15) is 9.59 Å². The van der Waals surface area contributed by atoms with Gasteiger partial charge in [0.15, 0.2) is 0 Å². The highest BCUT2D eigenvalue weighted by Gasteiger charge is 2.21. The fourth-order valence-electron chi connectivity index (χ4n) is 2.40. The number of carboxylic acids is 1. The monoisotopic (exact) mass is 314 g/mol. The second kappa shape index (κ2) is 5.61. The minimum atomic E-state index is -1.00. The zero-order valence-corrected chi connectivity index (χ0v) is 12.1. The van der Waals surface area contributed by atoms with Gasteiger partial charge in [-0.15, -0.1) is 0 Å². The quantitative estimate of drug-likeness (QED) is 0.725. The third-order valence-electron chi connectivity index (χ3n) is 3.35. The molecular formula is C16H11ClN2O3. The van der Waals surface area contributed by atoms with E-state index in [2.05, 4.69) is 9.97 Å². The fraction of sp³-hybridized carbons (Fsp3) is 0.0625. The van der Waals surface area contributed by atoms with Crippen LogP contribution >= 0.6 is 11.6 Å². The van der Waals surface area contributed by atoms with Crippen molar-refractivity contribution in [3.63, 3.8) is 0 Å². The molecule has 0 fully saturated rings.